The Morgan fingerprint density at radius 1 is 1.40 bits per heavy atom. The second-order valence-electron chi connectivity index (χ2n) is 4.04. The quantitative estimate of drug-likeness (QED) is 0.839. The number of carbonyl (C=O) groups excluding carboxylic acids is 1. The second kappa shape index (κ2) is 6.01. The molecule has 0 saturated heterocycles. The first-order chi connectivity index (χ1) is 9.60. The van der Waals surface area contributed by atoms with Crippen LogP contribution in [0.4, 0.5) is 10.1 Å². The summed E-state index contributed by atoms with van der Waals surface area (Å²) in [6.45, 7) is 0.329. The minimum Gasteiger partial charge on any atom is -0.506 e. The molecule has 6 heteroatoms. The van der Waals surface area contributed by atoms with E-state index >= 15 is 0 Å². The average molecular weight is 276 g/mol. The summed E-state index contributed by atoms with van der Waals surface area (Å²) >= 11 is 0. The van der Waals surface area contributed by atoms with Crippen molar-refractivity contribution >= 4 is 11.7 Å². The van der Waals surface area contributed by atoms with Crippen LogP contribution in [0.5, 0.6) is 5.75 Å². The van der Waals surface area contributed by atoms with E-state index in [0.717, 1.165) is 6.07 Å². The highest BCUT2D eigenvalue weighted by Crippen LogP contribution is 2.19. The predicted molar refractivity (Wildman–Crippen MR) is 71.0 cm³/mol. The zero-order valence-electron chi connectivity index (χ0n) is 10.8. The lowest BCUT2D eigenvalue weighted by Crippen LogP contribution is -2.09. The maximum atomic E-state index is 13.2. The second-order valence-corrected chi connectivity index (χ2v) is 4.04. The van der Waals surface area contributed by atoms with E-state index < -0.39 is 11.8 Å². The van der Waals surface area contributed by atoms with Crippen LogP contribution in [0.2, 0.25) is 0 Å². The molecule has 0 radical (unpaired) electrons. The lowest BCUT2D eigenvalue weighted by atomic mass is 10.1. The average Bonchev–Trinajstić information content (AvgIpc) is 2.46. The van der Waals surface area contributed by atoms with Crippen molar-refractivity contribution in [2.24, 2.45) is 0 Å². The van der Waals surface area contributed by atoms with Crippen molar-refractivity contribution in [3.63, 3.8) is 0 Å². The lowest BCUT2D eigenvalue weighted by Gasteiger charge is -2.10. The number of pyridine rings is 1. The zero-order chi connectivity index (χ0) is 14.5. The Morgan fingerprint density at radius 2 is 2.20 bits per heavy atom. The molecule has 0 aliphatic heterocycles. The summed E-state index contributed by atoms with van der Waals surface area (Å²) in [5.74, 6) is -1.06. The van der Waals surface area contributed by atoms with Crippen LogP contribution in [0.3, 0.4) is 0 Å². The summed E-state index contributed by atoms with van der Waals surface area (Å²) in [4.78, 5) is 15.6. The normalized spacial score (nSPS) is 10.1. The molecule has 1 heterocycles. The van der Waals surface area contributed by atoms with E-state index in [2.05, 4.69) is 15.0 Å². The van der Waals surface area contributed by atoms with Crippen molar-refractivity contribution in [1.82, 2.24) is 4.98 Å². The number of ether oxygens (including phenoxy) is 1. The van der Waals surface area contributed by atoms with Crippen LogP contribution in [0.1, 0.15) is 16.1 Å². The molecule has 0 bridgehead atoms. The molecule has 0 spiro atoms. The van der Waals surface area contributed by atoms with Gasteiger partial charge < -0.3 is 15.2 Å². The van der Waals surface area contributed by atoms with Crippen molar-refractivity contribution in [1.29, 1.82) is 0 Å². The summed E-state index contributed by atoms with van der Waals surface area (Å²) < 4.78 is 17.8. The molecule has 0 unspecified atom stereocenters. The number of benzene rings is 1. The minimum atomic E-state index is -0.620. The molecule has 104 valence electrons. The molecule has 1 aromatic carbocycles. The first kappa shape index (κ1) is 13.8. The number of rotatable bonds is 4. The van der Waals surface area contributed by atoms with Crippen molar-refractivity contribution < 1.29 is 19.0 Å². The van der Waals surface area contributed by atoms with Gasteiger partial charge in [0.1, 0.15) is 11.6 Å². The third kappa shape index (κ3) is 3.23. The number of halogens is 1. The van der Waals surface area contributed by atoms with Gasteiger partial charge in [-0.3, -0.25) is 4.98 Å². The Kier molecular flexibility index (Phi) is 4.14. The summed E-state index contributed by atoms with van der Waals surface area (Å²) in [6.07, 6.45) is 1.32. The Bertz CT molecular complexity index is 614. The standard InChI is InChI=1S/C14H13FN2O3/c1-20-14(19)12-6-9(15)2-5-13(12)17-7-10-3-4-11(18)8-16-10/h2-6,8,17-18H,7H2,1H3. The van der Waals surface area contributed by atoms with Crippen molar-refractivity contribution in [3.8, 4) is 5.75 Å². The largest absolute Gasteiger partial charge is 0.506 e. The number of esters is 1. The van der Waals surface area contributed by atoms with Gasteiger partial charge >= 0.3 is 5.97 Å². The third-order valence-corrected chi connectivity index (χ3v) is 2.66. The number of carbonyl (C=O) groups is 1. The van der Waals surface area contributed by atoms with Gasteiger partial charge in [-0.2, -0.15) is 0 Å². The van der Waals surface area contributed by atoms with Crippen LogP contribution >= 0.6 is 0 Å². The molecule has 0 atom stereocenters. The van der Waals surface area contributed by atoms with Gasteiger partial charge in [0.2, 0.25) is 0 Å². The highest BCUT2D eigenvalue weighted by atomic mass is 19.1. The summed E-state index contributed by atoms with van der Waals surface area (Å²) in [5.41, 5.74) is 1.24. The molecule has 2 N–H and O–H groups in total. The molecule has 0 amide bonds. The SMILES string of the molecule is COC(=O)c1cc(F)ccc1NCc1ccc(O)cn1. The molecule has 1 aromatic heterocycles. The number of nitrogens with zero attached hydrogens (tertiary/aromatic N) is 1. The van der Waals surface area contributed by atoms with Gasteiger partial charge in [0.15, 0.2) is 0 Å². The molecular formula is C14H13FN2O3. The highest BCUT2D eigenvalue weighted by molar-refractivity contribution is 5.95. The highest BCUT2D eigenvalue weighted by Gasteiger charge is 2.13. The van der Waals surface area contributed by atoms with Crippen molar-refractivity contribution in [2.75, 3.05) is 12.4 Å². The molecule has 5 nitrogen and oxygen atoms in total. The van der Waals surface area contributed by atoms with E-state index in [1.165, 1.54) is 31.5 Å². The van der Waals surface area contributed by atoms with Crippen molar-refractivity contribution in [3.05, 3.63) is 53.6 Å². The van der Waals surface area contributed by atoms with Crippen LogP contribution in [0.25, 0.3) is 0 Å². The Balaban J connectivity index is 2.16. The summed E-state index contributed by atoms with van der Waals surface area (Å²) in [5, 5.41) is 12.1. The number of methoxy groups -OCH3 is 1. The van der Waals surface area contributed by atoms with Gasteiger partial charge in [-0.05, 0) is 30.3 Å². The first-order valence-electron chi connectivity index (χ1n) is 5.86. The van der Waals surface area contributed by atoms with Crippen LogP contribution in [-0.2, 0) is 11.3 Å². The van der Waals surface area contributed by atoms with Crippen LogP contribution in [0.15, 0.2) is 36.5 Å². The monoisotopic (exact) mass is 276 g/mol. The van der Waals surface area contributed by atoms with Gasteiger partial charge in [-0.1, -0.05) is 0 Å². The fourth-order valence-electron chi connectivity index (χ4n) is 1.66. The lowest BCUT2D eigenvalue weighted by molar-refractivity contribution is 0.0601. The Morgan fingerprint density at radius 3 is 2.85 bits per heavy atom. The molecule has 2 rings (SSSR count). The molecule has 0 fully saturated rings. The minimum absolute atomic E-state index is 0.0748. The smallest absolute Gasteiger partial charge is 0.340 e. The van der Waals surface area contributed by atoms with E-state index in [1.54, 1.807) is 6.07 Å². The first-order valence-corrected chi connectivity index (χ1v) is 5.86. The number of hydrogen-bond donors (Lipinski definition) is 2. The Hall–Kier alpha value is -2.63. The number of hydrogen-bond acceptors (Lipinski definition) is 5. The number of aromatic nitrogens is 1. The van der Waals surface area contributed by atoms with Crippen LogP contribution in [-0.4, -0.2) is 23.2 Å². The maximum absolute atomic E-state index is 13.2. The molecule has 0 saturated carbocycles. The Labute approximate surface area is 115 Å². The number of nitrogens with one attached hydrogen (secondary N) is 1. The van der Waals surface area contributed by atoms with E-state index in [9.17, 15) is 9.18 Å². The molecule has 2 aromatic rings. The van der Waals surface area contributed by atoms with Crippen LogP contribution in [0, 0.1) is 5.82 Å². The number of aromatic hydroxyl groups is 1. The van der Waals surface area contributed by atoms with E-state index in [-0.39, 0.29) is 11.3 Å². The number of anilines is 1. The van der Waals surface area contributed by atoms with Crippen LogP contribution < -0.4 is 5.32 Å². The van der Waals surface area contributed by atoms with E-state index in [1.807, 2.05) is 0 Å². The fourth-order valence-corrected chi connectivity index (χ4v) is 1.66. The molecule has 0 aliphatic carbocycles. The van der Waals surface area contributed by atoms with Gasteiger partial charge in [0, 0.05) is 5.69 Å². The van der Waals surface area contributed by atoms with Crippen molar-refractivity contribution in [2.45, 2.75) is 6.54 Å². The zero-order valence-corrected chi connectivity index (χ0v) is 10.8. The molecular weight excluding hydrogens is 263 g/mol. The molecule has 20 heavy (non-hydrogen) atoms. The van der Waals surface area contributed by atoms with Gasteiger partial charge in [0.25, 0.3) is 0 Å². The van der Waals surface area contributed by atoms with E-state index in [0.29, 0.717) is 17.9 Å². The maximum Gasteiger partial charge on any atom is 0.340 e. The van der Waals surface area contributed by atoms with Gasteiger partial charge in [-0.15, -0.1) is 0 Å². The van der Waals surface area contributed by atoms with E-state index in [4.69, 9.17) is 5.11 Å². The van der Waals surface area contributed by atoms with Gasteiger partial charge in [0.05, 0.1) is 31.1 Å². The molecule has 0 aliphatic rings. The van der Waals surface area contributed by atoms with Gasteiger partial charge in [-0.25, -0.2) is 9.18 Å². The topological polar surface area (TPSA) is 71.5 Å². The predicted octanol–water partition coefficient (Wildman–Crippen LogP) is 2.33. The third-order valence-electron chi connectivity index (χ3n) is 2.66. The summed E-state index contributed by atoms with van der Waals surface area (Å²) in [7, 11) is 1.23. The summed E-state index contributed by atoms with van der Waals surface area (Å²) in [6, 6.07) is 6.97. The fraction of sp³-hybridized carbons (Fsp3) is 0.143.